The van der Waals surface area contributed by atoms with Gasteiger partial charge < -0.3 is 32.0 Å². The summed E-state index contributed by atoms with van der Waals surface area (Å²) in [5, 5.41) is 0. The molecule has 0 aromatic rings. The molecule has 0 saturated carbocycles. The number of ether oxygens (including phenoxy) is 2. The van der Waals surface area contributed by atoms with Crippen LogP contribution in [0.3, 0.4) is 0 Å². The third kappa shape index (κ3) is 11.8. The molecule has 0 aromatic heterocycles. The summed E-state index contributed by atoms with van der Waals surface area (Å²) < 4.78 is 33.0. The lowest BCUT2D eigenvalue weighted by molar-refractivity contribution is 0.116. The van der Waals surface area contributed by atoms with Gasteiger partial charge in [0.25, 0.3) is 0 Å². The molecule has 1 aliphatic heterocycles. The Labute approximate surface area is 168 Å². The Balaban J connectivity index is 2.02. The second kappa shape index (κ2) is 13.6. The Morgan fingerprint density at radius 1 is 1.00 bits per heavy atom. The van der Waals surface area contributed by atoms with E-state index in [9.17, 15) is 4.80 Å². The average molecular weight is 441 g/mol. The smallest absolute Gasteiger partial charge is 0.432 e. The van der Waals surface area contributed by atoms with Crippen molar-refractivity contribution in [1.29, 1.82) is 0 Å². The van der Waals surface area contributed by atoms with E-state index in [0.717, 1.165) is 63.8 Å². The zero-order valence-electron chi connectivity index (χ0n) is 17.8. The summed E-state index contributed by atoms with van der Waals surface area (Å²) in [6.45, 7) is 7.48. The van der Waals surface area contributed by atoms with E-state index < -0.39 is 26.2 Å². The molecule has 1 aliphatic rings. The number of unbranched alkanes of at least 4 members (excludes halogenated alkanes) is 1. The highest BCUT2D eigenvalue weighted by molar-refractivity contribution is 6.73. The van der Waals surface area contributed by atoms with Crippen LogP contribution in [0.2, 0.25) is 37.3 Å². The number of epoxide rings is 1. The minimum absolute atomic E-state index is 0.355. The van der Waals surface area contributed by atoms with Crippen molar-refractivity contribution in [3.8, 4) is 0 Å². The number of hydrogen-bond acceptors (Lipinski definition) is 7. The van der Waals surface area contributed by atoms with Gasteiger partial charge in [-0.3, -0.25) is 0 Å². The lowest BCUT2D eigenvalue weighted by Crippen LogP contribution is -2.45. The monoisotopic (exact) mass is 440 g/mol. The summed E-state index contributed by atoms with van der Waals surface area (Å²) in [5.74, 6) is 0. The van der Waals surface area contributed by atoms with E-state index in [0.29, 0.717) is 12.1 Å². The predicted molar refractivity (Wildman–Crippen MR) is 113 cm³/mol. The Kier molecular flexibility index (Phi) is 12.8. The summed E-state index contributed by atoms with van der Waals surface area (Å²) in [5.41, 5.74) is 0. The van der Waals surface area contributed by atoms with Crippen molar-refractivity contribution in [3.05, 3.63) is 0 Å². The topological polar surface area (TPSA) is 78.9 Å². The molecule has 162 valence electrons. The molecular weight excluding hydrogens is 400 g/mol. The molecule has 0 aromatic carbocycles. The summed E-state index contributed by atoms with van der Waals surface area (Å²) >= 11 is 0. The van der Waals surface area contributed by atoms with Crippen molar-refractivity contribution in [3.63, 3.8) is 0 Å². The van der Waals surface area contributed by atoms with Gasteiger partial charge in [-0.25, -0.2) is 0 Å². The zero-order valence-corrected chi connectivity index (χ0v) is 21.0. The van der Waals surface area contributed by atoms with Crippen molar-refractivity contribution in [2.75, 3.05) is 47.8 Å². The molecule has 1 fully saturated rings. The van der Waals surface area contributed by atoms with Crippen LogP contribution in [0.4, 0.5) is 0 Å². The van der Waals surface area contributed by atoms with E-state index in [-0.39, 0.29) is 0 Å². The van der Waals surface area contributed by atoms with Crippen LogP contribution < -0.4 is 0 Å². The van der Waals surface area contributed by atoms with Gasteiger partial charge in [0.05, 0.1) is 13.2 Å². The Bertz CT molecular complexity index is 371. The van der Waals surface area contributed by atoms with Gasteiger partial charge in [-0.15, -0.1) is 0 Å². The zero-order chi connectivity index (χ0) is 20.2. The van der Waals surface area contributed by atoms with Crippen LogP contribution in [0.25, 0.3) is 0 Å². The first-order chi connectivity index (χ1) is 12.9. The second-order valence-corrected chi connectivity index (χ2v) is 17.2. The maximum atomic E-state index is 10.7. The van der Waals surface area contributed by atoms with Crippen LogP contribution in [0.1, 0.15) is 19.3 Å². The first-order valence-electron chi connectivity index (χ1n) is 10.0. The molecule has 0 spiro atoms. The molecule has 3 unspecified atom stereocenters. The molecular formula is C17H40O7Si3. The van der Waals surface area contributed by atoms with Crippen molar-refractivity contribution in [2.24, 2.45) is 0 Å². The van der Waals surface area contributed by atoms with Gasteiger partial charge >= 0.3 is 8.80 Å². The predicted octanol–water partition coefficient (Wildman–Crippen LogP) is 2.39. The van der Waals surface area contributed by atoms with E-state index in [4.69, 9.17) is 27.2 Å². The van der Waals surface area contributed by atoms with Gasteiger partial charge in [-0.05, 0) is 44.1 Å². The second-order valence-electron chi connectivity index (χ2n) is 7.60. The van der Waals surface area contributed by atoms with E-state index in [1.807, 2.05) is 6.55 Å². The fraction of sp³-hybridized carbons (Fsp3) is 1.00. The van der Waals surface area contributed by atoms with Gasteiger partial charge in [0.2, 0.25) is 0 Å². The molecule has 0 amide bonds. The van der Waals surface area contributed by atoms with E-state index in [1.165, 1.54) is 0 Å². The Hall–Kier alpha value is 0.371. The molecule has 0 radical (unpaired) electrons. The molecule has 0 bridgehead atoms. The van der Waals surface area contributed by atoms with Crippen molar-refractivity contribution >= 4 is 26.2 Å². The lowest BCUT2D eigenvalue weighted by atomic mass is 10.4. The van der Waals surface area contributed by atoms with Crippen molar-refractivity contribution in [1.82, 2.24) is 0 Å². The van der Waals surface area contributed by atoms with Crippen LogP contribution in [-0.4, -0.2) is 84.8 Å². The number of rotatable bonds is 18. The molecule has 1 N–H and O–H groups in total. The van der Waals surface area contributed by atoms with Gasteiger partial charge in [0.1, 0.15) is 6.10 Å². The molecule has 7 nitrogen and oxygen atoms in total. The maximum Gasteiger partial charge on any atom is 0.499 e. The van der Waals surface area contributed by atoms with Gasteiger partial charge in [0, 0.05) is 40.6 Å². The first-order valence-corrected chi connectivity index (χ1v) is 17.3. The third-order valence-electron chi connectivity index (χ3n) is 5.02. The molecule has 1 heterocycles. The van der Waals surface area contributed by atoms with Crippen LogP contribution in [-0.2, 0) is 27.2 Å². The number of hydrogen-bond donors (Lipinski definition) is 1. The van der Waals surface area contributed by atoms with Gasteiger partial charge in [-0.2, -0.15) is 0 Å². The van der Waals surface area contributed by atoms with Gasteiger partial charge in [0.15, 0.2) is 17.4 Å². The summed E-state index contributed by atoms with van der Waals surface area (Å²) in [6, 6.07) is 3.44. The SMILES string of the molecule is CO[Si](CC[Si](C)(O)CCCCO[SiH](C)CCCOCC1CO1)(OC)OC. The van der Waals surface area contributed by atoms with E-state index >= 15 is 0 Å². The molecule has 27 heavy (non-hydrogen) atoms. The van der Waals surface area contributed by atoms with E-state index in [2.05, 4.69) is 6.55 Å². The minimum atomic E-state index is -2.58. The summed E-state index contributed by atoms with van der Waals surface area (Å²) in [4.78, 5) is 10.7. The van der Waals surface area contributed by atoms with Crippen LogP contribution in [0, 0.1) is 0 Å². The van der Waals surface area contributed by atoms with Crippen LogP contribution in [0.15, 0.2) is 0 Å². The highest BCUT2D eigenvalue weighted by Gasteiger charge is 2.40. The molecule has 3 atom stereocenters. The highest BCUT2D eigenvalue weighted by atomic mass is 28.4. The summed E-state index contributed by atoms with van der Waals surface area (Å²) in [7, 11) is -1.07. The lowest BCUT2D eigenvalue weighted by Gasteiger charge is -2.28. The molecule has 1 saturated heterocycles. The highest BCUT2D eigenvalue weighted by Crippen LogP contribution is 2.24. The first kappa shape index (κ1) is 25.4. The quantitative estimate of drug-likeness (QED) is 0.199. The average Bonchev–Trinajstić information content (AvgIpc) is 3.47. The van der Waals surface area contributed by atoms with E-state index in [1.54, 1.807) is 21.3 Å². The fourth-order valence-electron chi connectivity index (χ4n) is 2.93. The van der Waals surface area contributed by atoms with Crippen molar-refractivity contribution < 1.29 is 32.0 Å². The van der Waals surface area contributed by atoms with Crippen LogP contribution in [0.5, 0.6) is 0 Å². The van der Waals surface area contributed by atoms with Gasteiger partial charge in [-0.1, -0.05) is 6.42 Å². The Morgan fingerprint density at radius 2 is 1.67 bits per heavy atom. The standard InChI is InChI=1S/C17H40O7Si3/c1-19-27(20-2,21-3)14-13-26(5,18)12-7-6-10-24-25(4)11-8-9-22-15-17-16-23-17/h17-18,25H,6-16H2,1-5H3. The van der Waals surface area contributed by atoms with Crippen molar-refractivity contribution in [2.45, 2.75) is 62.6 Å². The Morgan fingerprint density at radius 3 is 2.26 bits per heavy atom. The molecule has 0 aliphatic carbocycles. The minimum Gasteiger partial charge on any atom is -0.432 e. The largest absolute Gasteiger partial charge is 0.499 e. The fourth-order valence-corrected chi connectivity index (χ4v) is 10.2. The maximum absolute atomic E-state index is 10.7. The van der Waals surface area contributed by atoms with Crippen LogP contribution >= 0.6 is 0 Å². The molecule has 10 heteroatoms. The third-order valence-corrected chi connectivity index (χ3v) is 13.0. The normalized spacial score (nSPS) is 20.4. The summed E-state index contributed by atoms with van der Waals surface area (Å²) in [6.07, 6.45) is 3.45. The molecule has 1 rings (SSSR count).